The topological polar surface area (TPSA) is 29.5 Å². The first-order chi connectivity index (χ1) is 9.70. The Bertz CT molecular complexity index is 554. The standard InChI is InChI=1S/C17H19ClO2/c1-2-6-17(19)13-8-5-9-15(11-13)20-12-14-7-3-4-10-16(14)18/h3-5,7-11,17,19H,2,6,12H2,1H3. The Morgan fingerprint density at radius 3 is 2.70 bits per heavy atom. The van der Waals surface area contributed by atoms with Crippen molar-refractivity contribution in [1.82, 2.24) is 0 Å². The van der Waals surface area contributed by atoms with Crippen molar-refractivity contribution in [3.63, 3.8) is 0 Å². The Hall–Kier alpha value is -1.51. The molecule has 0 radical (unpaired) electrons. The molecule has 3 heteroatoms. The smallest absolute Gasteiger partial charge is 0.120 e. The van der Waals surface area contributed by atoms with E-state index >= 15 is 0 Å². The van der Waals surface area contributed by atoms with E-state index in [9.17, 15) is 5.11 Å². The van der Waals surface area contributed by atoms with E-state index in [1.165, 1.54) is 0 Å². The maximum absolute atomic E-state index is 10.00. The molecule has 0 aliphatic heterocycles. The summed E-state index contributed by atoms with van der Waals surface area (Å²) in [5.74, 6) is 0.748. The minimum Gasteiger partial charge on any atom is -0.489 e. The third-order valence-electron chi connectivity index (χ3n) is 3.16. The van der Waals surface area contributed by atoms with Crippen molar-refractivity contribution in [2.45, 2.75) is 32.5 Å². The van der Waals surface area contributed by atoms with Gasteiger partial charge in [-0.25, -0.2) is 0 Å². The molecule has 0 bridgehead atoms. The van der Waals surface area contributed by atoms with E-state index in [-0.39, 0.29) is 0 Å². The molecule has 0 fully saturated rings. The van der Waals surface area contributed by atoms with Crippen molar-refractivity contribution in [1.29, 1.82) is 0 Å². The predicted octanol–water partition coefficient (Wildman–Crippen LogP) is 4.75. The molecule has 0 aliphatic rings. The zero-order chi connectivity index (χ0) is 14.4. The first-order valence-electron chi connectivity index (χ1n) is 6.85. The van der Waals surface area contributed by atoms with E-state index in [1.54, 1.807) is 0 Å². The van der Waals surface area contributed by atoms with Gasteiger partial charge < -0.3 is 9.84 Å². The molecule has 1 N–H and O–H groups in total. The van der Waals surface area contributed by atoms with Crippen LogP contribution in [0.25, 0.3) is 0 Å². The lowest BCUT2D eigenvalue weighted by Crippen LogP contribution is -1.99. The average Bonchev–Trinajstić information content (AvgIpc) is 2.47. The van der Waals surface area contributed by atoms with E-state index in [1.807, 2.05) is 48.5 Å². The van der Waals surface area contributed by atoms with Crippen LogP contribution >= 0.6 is 11.6 Å². The third kappa shape index (κ3) is 3.99. The zero-order valence-corrected chi connectivity index (χ0v) is 12.3. The molecular formula is C17H19ClO2. The number of aliphatic hydroxyl groups is 1. The van der Waals surface area contributed by atoms with Crippen molar-refractivity contribution < 1.29 is 9.84 Å². The first-order valence-corrected chi connectivity index (χ1v) is 7.22. The number of hydrogen-bond acceptors (Lipinski definition) is 2. The van der Waals surface area contributed by atoms with Gasteiger partial charge in [0.1, 0.15) is 12.4 Å². The second-order valence-electron chi connectivity index (χ2n) is 4.76. The largest absolute Gasteiger partial charge is 0.489 e. The summed E-state index contributed by atoms with van der Waals surface area (Å²) in [5, 5.41) is 10.7. The van der Waals surface area contributed by atoms with Gasteiger partial charge in [-0.1, -0.05) is 55.3 Å². The maximum Gasteiger partial charge on any atom is 0.120 e. The third-order valence-corrected chi connectivity index (χ3v) is 3.53. The Labute approximate surface area is 125 Å². The fourth-order valence-corrected chi connectivity index (χ4v) is 2.22. The van der Waals surface area contributed by atoms with E-state index in [4.69, 9.17) is 16.3 Å². The Morgan fingerprint density at radius 1 is 1.15 bits per heavy atom. The molecule has 0 heterocycles. The van der Waals surface area contributed by atoms with Crippen molar-refractivity contribution in [3.05, 3.63) is 64.7 Å². The van der Waals surface area contributed by atoms with Crippen LogP contribution < -0.4 is 4.74 Å². The molecule has 1 unspecified atom stereocenters. The van der Waals surface area contributed by atoms with E-state index in [2.05, 4.69) is 6.92 Å². The minimum atomic E-state index is -0.427. The molecule has 20 heavy (non-hydrogen) atoms. The SMILES string of the molecule is CCCC(O)c1cccc(OCc2ccccc2Cl)c1. The van der Waals surface area contributed by atoms with Gasteiger partial charge in [0, 0.05) is 10.6 Å². The van der Waals surface area contributed by atoms with Gasteiger partial charge in [-0.3, -0.25) is 0 Å². The lowest BCUT2D eigenvalue weighted by molar-refractivity contribution is 0.166. The highest BCUT2D eigenvalue weighted by Gasteiger charge is 2.07. The number of ether oxygens (including phenoxy) is 1. The fraction of sp³-hybridized carbons (Fsp3) is 0.294. The molecule has 0 aliphatic carbocycles. The van der Waals surface area contributed by atoms with Gasteiger partial charge in [-0.2, -0.15) is 0 Å². The number of benzene rings is 2. The summed E-state index contributed by atoms with van der Waals surface area (Å²) >= 11 is 6.09. The highest BCUT2D eigenvalue weighted by Crippen LogP contribution is 2.24. The van der Waals surface area contributed by atoms with Gasteiger partial charge in [0.25, 0.3) is 0 Å². The van der Waals surface area contributed by atoms with Gasteiger partial charge in [0.2, 0.25) is 0 Å². The molecule has 0 saturated heterocycles. The number of rotatable bonds is 6. The van der Waals surface area contributed by atoms with Crippen LogP contribution in [0.4, 0.5) is 0 Å². The molecule has 0 aromatic heterocycles. The molecule has 106 valence electrons. The molecule has 2 nitrogen and oxygen atoms in total. The van der Waals surface area contributed by atoms with Crippen molar-refractivity contribution >= 4 is 11.6 Å². The van der Waals surface area contributed by atoms with Crippen LogP contribution in [0.3, 0.4) is 0 Å². The Kier molecular flexibility index (Phi) is 5.45. The lowest BCUT2D eigenvalue weighted by atomic mass is 10.1. The minimum absolute atomic E-state index is 0.424. The Balaban J connectivity index is 2.03. The lowest BCUT2D eigenvalue weighted by Gasteiger charge is -2.12. The summed E-state index contributed by atoms with van der Waals surface area (Å²) in [4.78, 5) is 0. The van der Waals surface area contributed by atoms with E-state index in [0.29, 0.717) is 11.6 Å². The molecular weight excluding hydrogens is 272 g/mol. The van der Waals surface area contributed by atoms with Crippen LogP contribution in [0.1, 0.15) is 37.0 Å². The average molecular weight is 291 g/mol. The van der Waals surface area contributed by atoms with Crippen molar-refractivity contribution in [3.8, 4) is 5.75 Å². The first kappa shape index (κ1) is 14.9. The molecule has 0 amide bonds. The Morgan fingerprint density at radius 2 is 1.95 bits per heavy atom. The van der Waals surface area contributed by atoms with Gasteiger partial charge in [-0.05, 0) is 30.2 Å². The fourth-order valence-electron chi connectivity index (χ4n) is 2.03. The summed E-state index contributed by atoms with van der Waals surface area (Å²) in [6, 6.07) is 15.2. The molecule has 2 aromatic rings. The summed E-state index contributed by atoms with van der Waals surface area (Å²) < 4.78 is 5.75. The molecule has 2 aromatic carbocycles. The van der Waals surface area contributed by atoms with Crippen LogP contribution in [0.15, 0.2) is 48.5 Å². The van der Waals surface area contributed by atoms with Gasteiger partial charge in [0.15, 0.2) is 0 Å². The van der Waals surface area contributed by atoms with Gasteiger partial charge in [-0.15, -0.1) is 0 Å². The zero-order valence-electron chi connectivity index (χ0n) is 11.6. The predicted molar refractivity (Wildman–Crippen MR) is 82.1 cm³/mol. The number of hydrogen-bond donors (Lipinski definition) is 1. The van der Waals surface area contributed by atoms with Crippen LogP contribution in [0.5, 0.6) is 5.75 Å². The monoisotopic (exact) mass is 290 g/mol. The van der Waals surface area contributed by atoms with E-state index < -0.39 is 6.10 Å². The molecule has 1 atom stereocenters. The number of halogens is 1. The van der Waals surface area contributed by atoms with Crippen LogP contribution in [0.2, 0.25) is 5.02 Å². The van der Waals surface area contributed by atoms with Crippen molar-refractivity contribution in [2.75, 3.05) is 0 Å². The second kappa shape index (κ2) is 7.32. The number of aliphatic hydroxyl groups excluding tert-OH is 1. The highest BCUT2D eigenvalue weighted by atomic mass is 35.5. The van der Waals surface area contributed by atoms with Crippen LogP contribution in [-0.4, -0.2) is 5.11 Å². The molecule has 2 rings (SSSR count). The van der Waals surface area contributed by atoms with Crippen LogP contribution in [-0.2, 0) is 6.61 Å². The van der Waals surface area contributed by atoms with Gasteiger partial charge in [0.05, 0.1) is 6.10 Å². The van der Waals surface area contributed by atoms with Crippen LogP contribution in [0, 0.1) is 0 Å². The molecule has 0 spiro atoms. The highest BCUT2D eigenvalue weighted by molar-refractivity contribution is 6.31. The summed E-state index contributed by atoms with van der Waals surface area (Å²) in [6.07, 6.45) is 1.28. The summed E-state index contributed by atoms with van der Waals surface area (Å²) in [6.45, 7) is 2.48. The van der Waals surface area contributed by atoms with Crippen molar-refractivity contribution in [2.24, 2.45) is 0 Å². The van der Waals surface area contributed by atoms with Gasteiger partial charge >= 0.3 is 0 Å². The molecule has 0 saturated carbocycles. The second-order valence-corrected chi connectivity index (χ2v) is 5.16. The summed E-state index contributed by atoms with van der Waals surface area (Å²) in [7, 11) is 0. The normalized spacial score (nSPS) is 12.2. The van der Waals surface area contributed by atoms with E-state index in [0.717, 1.165) is 29.7 Å². The summed E-state index contributed by atoms with van der Waals surface area (Å²) in [5.41, 5.74) is 1.84. The maximum atomic E-state index is 10.00. The quantitative estimate of drug-likeness (QED) is 0.832.